The van der Waals surface area contributed by atoms with Gasteiger partial charge in [-0.2, -0.15) is 4.98 Å². The number of methoxy groups -OCH3 is 2. The summed E-state index contributed by atoms with van der Waals surface area (Å²) in [7, 11) is 3.36. The standard InChI is InChI=1S/C14H19ClN4O2/c1-20-10-5-3-4-9(10)19-11(6-7-15)18-12-13(19)16-8-17-14(12)21-2/h8-10H,3-7H2,1-2H3. The fourth-order valence-corrected chi connectivity index (χ4v) is 3.34. The maximum absolute atomic E-state index is 5.93. The fourth-order valence-electron chi connectivity index (χ4n) is 3.17. The lowest BCUT2D eigenvalue weighted by atomic mass is 10.2. The van der Waals surface area contributed by atoms with E-state index in [1.807, 2.05) is 0 Å². The van der Waals surface area contributed by atoms with E-state index in [1.54, 1.807) is 14.2 Å². The molecule has 1 aliphatic rings. The summed E-state index contributed by atoms with van der Waals surface area (Å²) in [4.78, 5) is 13.2. The average Bonchev–Trinajstić information content (AvgIpc) is 3.10. The van der Waals surface area contributed by atoms with Gasteiger partial charge in [0.2, 0.25) is 5.88 Å². The Labute approximate surface area is 128 Å². The topological polar surface area (TPSA) is 62.1 Å². The summed E-state index contributed by atoms with van der Waals surface area (Å²) in [5, 5.41) is 0. The second-order valence-electron chi connectivity index (χ2n) is 5.16. The van der Waals surface area contributed by atoms with Crippen LogP contribution in [0.25, 0.3) is 11.2 Å². The normalized spacial score (nSPS) is 22.0. The molecule has 0 saturated heterocycles. The van der Waals surface area contributed by atoms with Gasteiger partial charge in [-0.3, -0.25) is 0 Å². The van der Waals surface area contributed by atoms with Crippen molar-refractivity contribution in [2.75, 3.05) is 20.1 Å². The summed E-state index contributed by atoms with van der Waals surface area (Å²) in [6.45, 7) is 0. The molecule has 1 saturated carbocycles. The summed E-state index contributed by atoms with van der Waals surface area (Å²) >= 11 is 5.93. The monoisotopic (exact) mass is 310 g/mol. The highest BCUT2D eigenvalue weighted by Crippen LogP contribution is 2.36. The molecule has 0 spiro atoms. The largest absolute Gasteiger partial charge is 0.479 e. The highest BCUT2D eigenvalue weighted by Gasteiger charge is 2.32. The van der Waals surface area contributed by atoms with Gasteiger partial charge in [0.05, 0.1) is 19.3 Å². The summed E-state index contributed by atoms with van der Waals surface area (Å²) in [6.07, 6.45) is 5.66. The number of rotatable bonds is 5. The molecule has 0 aromatic carbocycles. The van der Waals surface area contributed by atoms with Crippen molar-refractivity contribution in [3.05, 3.63) is 12.2 Å². The third-order valence-corrected chi connectivity index (χ3v) is 4.27. The van der Waals surface area contributed by atoms with E-state index in [2.05, 4.69) is 19.5 Å². The lowest BCUT2D eigenvalue weighted by Gasteiger charge is -2.22. The minimum Gasteiger partial charge on any atom is -0.479 e. The van der Waals surface area contributed by atoms with Crippen LogP contribution in [0.5, 0.6) is 5.88 Å². The van der Waals surface area contributed by atoms with Crippen LogP contribution in [-0.2, 0) is 11.2 Å². The number of hydrogen-bond donors (Lipinski definition) is 0. The van der Waals surface area contributed by atoms with Crippen molar-refractivity contribution in [1.29, 1.82) is 0 Å². The minimum atomic E-state index is 0.192. The first kappa shape index (κ1) is 14.5. The van der Waals surface area contributed by atoms with Crippen LogP contribution in [0.3, 0.4) is 0 Å². The molecule has 2 atom stereocenters. The molecule has 0 amide bonds. The smallest absolute Gasteiger partial charge is 0.245 e. The highest BCUT2D eigenvalue weighted by molar-refractivity contribution is 6.17. The Bertz CT molecular complexity index is 631. The van der Waals surface area contributed by atoms with Crippen LogP contribution in [0.15, 0.2) is 6.33 Å². The first-order valence-corrected chi connectivity index (χ1v) is 7.68. The first-order chi connectivity index (χ1) is 10.3. The Morgan fingerprint density at radius 3 is 2.90 bits per heavy atom. The van der Waals surface area contributed by atoms with Gasteiger partial charge in [-0.1, -0.05) is 0 Å². The molecule has 0 bridgehead atoms. The van der Waals surface area contributed by atoms with E-state index in [0.29, 0.717) is 23.7 Å². The number of alkyl halides is 1. The number of ether oxygens (including phenoxy) is 2. The van der Waals surface area contributed by atoms with Gasteiger partial charge < -0.3 is 14.0 Å². The van der Waals surface area contributed by atoms with Crippen LogP contribution in [0, 0.1) is 0 Å². The molecular formula is C14H19ClN4O2. The molecule has 2 unspecified atom stereocenters. The summed E-state index contributed by atoms with van der Waals surface area (Å²) in [5.41, 5.74) is 1.50. The SMILES string of the molecule is COc1ncnc2c1nc(CCCl)n2C1CCCC1OC. The van der Waals surface area contributed by atoms with Gasteiger partial charge in [-0.15, -0.1) is 11.6 Å². The van der Waals surface area contributed by atoms with Crippen molar-refractivity contribution in [3.63, 3.8) is 0 Å². The molecule has 2 heterocycles. The van der Waals surface area contributed by atoms with E-state index >= 15 is 0 Å². The number of fused-ring (bicyclic) bond motifs is 1. The van der Waals surface area contributed by atoms with E-state index in [-0.39, 0.29) is 12.1 Å². The van der Waals surface area contributed by atoms with Gasteiger partial charge >= 0.3 is 0 Å². The highest BCUT2D eigenvalue weighted by atomic mass is 35.5. The van der Waals surface area contributed by atoms with Crippen LogP contribution in [0.2, 0.25) is 0 Å². The zero-order chi connectivity index (χ0) is 14.8. The van der Waals surface area contributed by atoms with E-state index in [4.69, 9.17) is 21.1 Å². The lowest BCUT2D eigenvalue weighted by molar-refractivity contribution is 0.0751. The Balaban J connectivity index is 2.16. The van der Waals surface area contributed by atoms with Gasteiger partial charge in [0.15, 0.2) is 11.2 Å². The number of halogens is 1. The zero-order valence-electron chi connectivity index (χ0n) is 12.3. The molecular weight excluding hydrogens is 292 g/mol. The molecule has 0 radical (unpaired) electrons. The molecule has 0 N–H and O–H groups in total. The van der Waals surface area contributed by atoms with Crippen molar-refractivity contribution in [2.45, 2.75) is 37.8 Å². The van der Waals surface area contributed by atoms with Crippen LogP contribution < -0.4 is 4.74 Å². The Kier molecular flexibility index (Phi) is 4.26. The summed E-state index contributed by atoms with van der Waals surface area (Å²) in [5.74, 6) is 1.94. The molecule has 2 aromatic rings. The predicted octanol–water partition coefficient (Wildman–Crippen LogP) is 2.36. The number of imidazole rings is 1. The third-order valence-electron chi connectivity index (χ3n) is 4.08. The minimum absolute atomic E-state index is 0.192. The van der Waals surface area contributed by atoms with Gasteiger partial charge in [0.1, 0.15) is 12.2 Å². The molecule has 1 aliphatic carbocycles. The number of hydrogen-bond acceptors (Lipinski definition) is 5. The van der Waals surface area contributed by atoms with E-state index < -0.39 is 0 Å². The Morgan fingerprint density at radius 1 is 1.33 bits per heavy atom. The number of aromatic nitrogens is 4. The first-order valence-electron chi connectivity index (χ1n) is 7.14. The third kappa shape index (κ3) is 2.46. The molecule has 7 heteroatoms. The van der Waals surface area contributed by atoms with Gasteiger partial charge in [-0.05, 0) is 19.3 Å². The van der Waals surface area contributed by atoms with Crippen molar-refractivity contribution in [1.82, 2.24) is 19.5 Å². The molecule has 6 nitrogen and oxygen atoms in total. The van der Waals surface area contributed by atoms with Gasteiger partial charge in [-0.25, -0.2) is 9.97 Å². The second kappa shape index (κ2) is 6.15. The van der Waals surface area contributed by atoms with Crippen molar-refractivity contribution in [3.8, 4) is 5.88 Å². The van der Waals surface area contributed by atoms with Crippen LogP contribution in [0.4, 0.5) is 0 Å². The maximum atomic E-state index is 5.93. The van der Waals surface area contributed by atoms with Crippen LogP contribution in [0.1, 0.15) is 31.1 Å². The summed E-state index contributed by atoms with van der Waals surface area (Å²) in [6, 6.07) is 0.248. The quantitative estimate of drug-likeness (QED) is 0.793. The average molecular weight is 311 g/mol. The molecule has 21 heavy (non-hydrogen) atoms. The molecule has 0 aliphatic heterocycles. The molecule has 2 aromatic heterocycles. The van der Waals surface area contributed by atoms with E-state index in [0.717, 1.165) is 30.7 Å². The molecule has 1 fully saturated rings. The lowest BCUT2D eigenvalue weighted by Crippen LogP contribution is -2.22. The van der Waals surface area contributed by atoms with E-state index in [1.165, 1.54) is 6.33 Å². The predicted molar refractivity (Wildman–Crippen MR) is 80.0 cm³/mol. The zero-order valence-corrected chi connectivity index (χ0v) is 13.0. The van der Waals surface area contributed by atoms with Crippen molar-refractivity contribution < 1.29 is 9.47 Å². The van der Waals surface area contributed by atoms with Crippen LogP contribution >= 0.6 is 11.6 Å². The van der Waals surface area contributed by atoms with Crippen molar-refractivity contribution >= 4 is 22.8 Å². The molecule has 114 valence electrons. The van der Waals surface area contributed by atoms with Crippen LogP contribution in [-0.4, -0.2) is 45.7 Å². The fraction of sp³-hybridized carbons (Fsp3) is 0.643. The van der Waals surface area contributed by atoms with E-state index in [9.17, 15) is 0 Å². The summed E-state index contributed by atoms with van der Waals surface area (Å²) < 4.78 is 13.1. The van der Waals surface area contributed by atoms with Crippen molar-refractivity contribution in [2.24, 2.45) is 0 Å². The molecule has 3 rings (SSSR count). The maximum Gasteiger partial charge on any atom is 0.245 e. The Morgan fingerprint density at radius 2 is 2.19 bits per heavy atom. The number of aryl methyl sites for hydroxylation is 1. The second-order valence-corrected chi connectivity index (χ2v) is 5.54. The van der Waals surface area contributed by atoms with Gasteiger partial charge in [0, 0.05) is 19.4 Å². The number of nitrogens with zero attached hydrogens (tertiary/aromatic N) is 4. The van der Waals surface area contributed by atoms with Gasteiger partial charge in [0.25, 0.3) is 0 Å². The Hall–Kier alpha value is -1.40.